The Morgan fingerprint density at radius 3 is 2.41 bits per heavy atom. The Balaban J connectivity index is 1.99. The summed E-state index contributed by atoms with van der Waals surface area (Å²) in [5.41, 5.74) is 0. The number of piperazine rings is 1. The van der Waals surface area contributed by atoms with Gasteiger partial charge in [-0.25, -0.2) is 0 Å². The number of nitrogens with zero attached hydrogens (tertiary/aromatic N) is 3. The van der Waals surface area contributed by atoms with E-state index in [1.807, 2.05) is 6.92 Å². The average Bonchev–Trinajstić information content (AvgIpc) is 2.29. The molecule has 4 heteroatoms. The van der Waals surface area contributed by atoms with E-state index >= 15 is 0 Å². The summed E-state index contributed by atoms with van der Waals surface area (Å²) in [4.78, 5) is 7.27. The van der Waals surface area contributed by atoms with Gasteiger partial charge in [0.05, 0.1) is 6.10 Å². The number of rotatable bonds is 7. The second-order valence-electron chi connectivity index (χ2n) is 5.44. The van der Waals surface area contributed by atoms with Crippen LogP contribution in [0.15, 0.2) is 0 Å². The van der Waals surface area contributed by atoms with Crippen molar-refractivity contribution in [2.75, 3.05) is 59.9 Å². The fraction of sp³-hybridized carbons (Fsp3) is 1.00. The molecule has 0 aliphatic carbocycles. The molecule has 0 aromatic heterocycles. The highest BCUT2D eigenvalue weighted by molar-refractivity contribution is 4.69. The number of likely N-dealkylation sites (N-methyl/N-ethyl adjacent to an activating group) is 1. The van der Waals surface area contributed by atoms with E-state index in [9.17, 15) is 5.11 Å². The molecule has 0 saturated carbocycles. The minimum atomic E-state index is -0.171. The van der Waals surface area contributed by atoms with Crippen LogP contribution in [0.2, 0.25) is 0 Å². The van der Waals surface area contributed by atoms with E-state index in [0.29, 0.717) is 0 Å². The maximum Gasteiger partial charge on any atom is 0.0524 e. The first-order valence-electron chi connectivity index (χ1n) is 6.85. The Bertz CT molecular complexity index is 191. The smallest absolute Gasteiger partial charge is 0.0524 e. The monoisotopic (exact) mass is 243 g/mol. The second kappa shape index (κ2) is 8.03. The second-order valence-corrected chi connectivity index (χ2v) is 5.44. The molecule has 102 valence electrons. The minimum absolute atomic E-state index is 0.171. The summed E-state index contributed by atoms with van der Waals surface area (Å²) in [5.74, 6) is 0. The molecule has 1 heterocycles. The molecular weight excluding hydrogens is 214 g/mol. The van der Waals surface area contributed by atoms with Crippen LogP contribution < -0.4 is 0 Å². The van der Waals surface area contributed by atoms with Crippen LogP contribution in [0.1, 0.15) is 19.8 Å². The third-order valence-corrected chi connectivity index (χ3v) is 3.54. The maximum absolute atomic E-state index is 9.22. The van der Waals surface area contributed by atoms with Gasteiger partial charge in [-0.05, 0) is 47.0 Å². The van der Waals surface area contributed by atoms with Gasteiger partial charge in [0.1, 0.15) is 0 Å². The summed E-state index contributed by atoms with van der Waals surface area (Å²) < 4.78 is 0. The van der Waals surface area contributed by atoms with E-state index in [-0.39, 0.29) is 6.10 Å². The van der Waals surface area contributed by atoms with Crippen LogP contribution in [0, 0.1) is 0 Å². The average molecular weight is 243 g/mol. The van der Waals surface area contributed by atoms with Gasteiger partial charge in [-0.3, -0.25) is 0 Å². The quantitative estimate of drug-likeness (QED) is 0.698. The van der Waals surface area contributed by atoms with Gasteiger partial charge in [-0.1, -0.05) is 0 Å². The zero-order valence-electron chi connectivity index (χ0n) is 11.7. The highest BCUT2D eigenvalue weighted by Gasteiger charge is 2.13. The van der Waals surface area contributed by atoms with E-state index in [2.05, 4.69) is 28.8 Å². The van der Waals surface area contributed by atoms with Crippen LogP contribution in [0.25, 0.3) is 0 Å². The molecule has 4 nitrogen and oxygen atoms in total. The molecule has 1 N–H and O–H groups in total. The summed E-state index contributed by atoms with van der Waals surface area (Å²) in [6.45, 7) is 10.1. The Hall–Kier alpha value is -0.160. The molecule has 0 aromatic rings. The molecule has 0 radical (unpaired) electrons. The summed E-state index contributed by atoms with van der Waals surface area (Å²) in [5, 5.41) is 9.22. The van der Waals surface area contributed by atoms with E-state index in [1.54, 1.807) is 0 Å². The number of hydrogen-bond donors (Lipinski definition) is 1. The molecule has 1 rings (SSSR count). The van der Waals surface area contributed by atoms with Crippen molar-refractivity contribution in [1.29, 1.82) is 0 Å². The lowest BCUT2D eigenvalue weighted by molar-refractivity contribution is 0.142. The topological polar surface area (TPSA) is 30.0 Å². The van der Waals surface area contributed by atoms with E-state index in [0.717, 1.165) is 19.5 Å². The highest BCUT2D eigenvalue weighted by atomic mass is 16.3. The van der Waals surface area contributed by atoms with Crippen LogP contribution in [-0.4, -0.2) is 85.8 Å². The molecule has 17 heavy (non-hydrogen) atoms. The van der Waals surface area contributed by atoms with Crippen molar-refractivity contribution in [3.8, 4) is 0 Å². The molecule has 1 saturated heterocycles. The lowest BCUT2D eigenvalue weighted by Gasteiger charge is -2.32. The summed E-state index contributed by atoms with van der Waals surface area (Å²) in [6.07, 6.45) is 1.94. The van der Waals surface area contributed by atoms with Gasteiger partial charge in [0.15, 0.2) is 0 Å². The first-order chi connectivity index (χ1) is 8.08. The van der Waals surface area contributed by atoms with Gasteiger partial charge in [0.2, 0.25) is 0 Å². The van der Waals surface area contributed by atoms with Gasteiger partial charge in [0.25, 0.3) is 0 Å². The highest BCUT2D eigenvalue weighted by Crippen LogP contribution is 2.01. The zero-order valence-corrected chi connectivity index (χ0v) is 11.7. The molecule has 0 spiro atoms. The fourth-order valence-corrected chi connectivity index (χ4v) is 2.15. The summed E-state index contributed by atoms with van der Waals surface area (Å²) >= 11 is 0. The predicted octanol–water partition coefficient (Wildman–Crippen LogP) is 0.327. The first-order valence-corrected chi connectivity index (χ1v) is 6.85. The lowest BCUT2D eigenvalue weighted by Crippen LogP contribution is -2.45. The molecular formula is C13H29N3O. The fourth-order valence-electron chi connectivity index (χ4n) is 2.15. The summed E-state index contributed by atoms with van der Waals surface area (Å²) in [7, 11) is 4.34. The van der Waals surface area contributed by atoms with Crippen LogP contribution >= 0.6 is 0 Å². The van der Waals surface area contributed by atoms with Crippen LogP contribution in [0.4, 0.5) is 0 Å². The first kappa shape index (κ1) is 14.9. The van der Waals surface area contributed by atoms with E-state index < -0.39 is 0 Å². The van der Waals surface area contributed by atoms with Crippen molar-refractivity contribution in [2.45, 2.75) is 25.9 Å². The molecule has 1 atom stereocenters. The lowest BCUT2D eigenvalue weighted by atomic mass is 10.2. The molecule has 1 fully saturated rings. The van der Waals surface area contributed by atoms with Crippen LogP contribution in [0.5, 0.6) is 0 Å². The van der Waals surface area contributed by atoms with Crippen molar-refractivity contribution in [1.82, 2.24) is 14.7 Å². The van der Waals surface area contributed by atoms with Crippen molar-refractivity contribution in [3.63, 3.8) is 0 Å². The van der Waals surface area contributed by atoms with Gasteiger partial charge >= 0.3 is 0 Å². The normalized spacial score (nSPS) is 21.0. The number of hydrogen-bond acceptors (Lipinski definition) is 4. The van der Waals surface area contributed by atoms with Crippen molar-refractivity contribution in [2.24, 2.45) is 0 Å². The molecule has 1 unspecified atom stereocenters. The van der Waals surface area contributed by atoms with Crippen molar-refractivity contribution in [3.05, 3.63) is 0 Å². The molecule has 0 bridgehead atoms. The third-order valence-electron chi connectivity index (χ3n) is 3.54. The summed E-state index contributed by atoms with van der Waals surface area (Å²) in [6, 6.07) is 0. The van der Waals surface area contributed by atoms with Crippen LogP contribution in [-0.2, 0) is 0 Å². The maximum atomic E-state index is 9.22. The number of aliphatic hydroxyl groups excluding tert-OH is 1. The van der Waals surface area contributed by atoms with Crippen molar-refractivity contribution >= 4 is 0 Å². The Morgan fingerprint density at radius 1 is 1.18 bits per heavy atom. The standard InChI is InChI=1S/C13H29N3O/c1-13(17)5-8-14(2)6-4-7-16-11-9-15(3)10-12-16/h13,17H,4-12H2,1-3H3. The van der Waals surface area contributed by atoms with Crippen LogP contribution in [0.3, 0.4) is 0 Å². The molecule has 1 aliphatic rings. The molecule has 1 aliphatic heterocycles. The molecule has 0 aromatic carbocycles. The Labute approximate surface area is 106 Å². The molecule has 0 amide bonds. The third kappa shape index (κ3) is 6.99. The van der Waals surface area contributed by atoms with Gasteiger partial charge in [0, 0.05) is 32.7 Å². The number of aliphatic hydroxyl groups is 1. The van der Waals surface area contributed by atoms with E-state index in [4.69, 9.17) is 0 Å². The van der Waals surface area contributed by atoms with Gasteiger partial charge < -0.3 is 19.8 Å². The predicted molar refractivity (Wildman–Crippen MR) is 72.3 cm³/mol. The Morgan fingerprint density at radius 2 is 1.82 bits per heavy atom. The Kier molecular flexibility index (Phi) is 7.04. The van der Waals surface area contributed by atoms with Gasteiger partial charge in [-0.15, -0.1) is 0 Å². The minimum Gasteiger partial charge on any atom is -0.393 e. The van der Waals surface area contributed by atoms with E-state index in [1.165, 1.54) is 39.1 Å². The van der Waals surface area contributed by atoms with Crippen molar-refractivity contribution < 1.29 is 5.11 Å². The largest absolute Gasteiger partial charge is 0.393 e. The van der Waals surface area contributed by atoms with Gasteiger partial charge in [-0.2, -0.15) is 0 Å². The SMILES string of the molecule is CC(O)CCN(C)CCCN1CCN(C)CC1. The zero-order chi connectivity index (χ0) is 12.7.